The van der Waals surface area contributed by atoms with Crippen LogP contribution in [0.1, 0.15) is 44.6 Å². The number of nitrogens with two attached hydrogens (primary N) is 1. The Balaban J connectivity index is 2.30. The molecule has 1 fully saturated rings. The van der Waals surface area contributed by atoms with E-state index in [0.29, 0.717) is 5.92 Å². The molecule has 2 N–H and O–H groups in total. The Labute approximate surface area is 91.9 Å². The summed E-state index contributed by atoms with van der Waals surface area (Å²) in [4.78, 5) is 4.19. The Kier molecular flexibility index (Phi) is 3.06. The van der Waals surface area contributed by atoms with Gasteiger partial charge in [-0.3, -0.25) is 4.98 Å². The van der Waals surface area contributed by atoms with E-state index in [9.17, 15) is 0 Å². The normalized spacial score (nSPS) is 31.5. The fourth-order valence-corrected chi connectivity index (χ4v) is 2.86. The van der Waals surface area contributed by atoms with Crippen LogP contribution in [0.4, 0.5) is 0 Å². The fraction of sp³-hybridized carbons (Fsp3) is 0.615. The number of hydrogen-bond donors (Lipinski definition) is 1. The van der Waals surface area contributed by atoms with Crippen molar-refractivity contribution in [1.29, 1.82) is 0 Å². The predicted molar refractivity (Wildman–Crippen MR) is 62.4 cm³/mol. The molecule has 2 heteroatoms. The second-order valence-corrected chi connectivity index (χ2v) is 4.63. The minimum atomic E-state index is -0.124. The molecule has 2 atom stereocenters. The highest BCUT2D eigenvalue weighted by molar-refractivity contribution is 5.22. The van der Waals surface area contributed by atoms with Gasteiger partial charge in [-0.1, -0.05) is 32.3 Å². The topological polar surface area (TPSA) is 38.9 Å². The first-order valence-corrected chi connectivity index (χ1v) is 5.96. The monoisotopic (exact) mass is 204 g/mol. The standard InChI is InChI=1S/C13H20N2/c1-2-11-6-3-4-8-13(11,14)12-7-5-9-15-10-12/h5,7,9-11H,2-4,6,8,14H2,1H3. The minimum absolute atomic E-state index is 0.124. The zero-order valence-corrected chi connectivity index (χ0v) is 9.45. The fourth-order valence-electron chi connectivity index (χ4n) is 2.86. The predicted octanol–water partition coefficient (Wildman–Crippen LogP) is 2.84. The summed E-state index contributed by atoms with van der Waals surface area (Å²) in [7, 11) is 0. The van der Waals surface area contributed by atoms with E-state index in [0.717, 1.165) is 6.42 Å². The van der Waals surface area contributed by atoms with E-state index in [1.165, 1.54) is 31.2 Å². The van der Waals surface area contributed by atoms with Crippen LogP contribution < -0.4 is 5.73 Å². The van der Waals surface area contributed by atoms with Gasteiger partial charge in [-0.05, 0) is 30.4 Å². The molecule has 0 saturated heterocycles. The highest BCUT2D eigenvalue weighted by Gasteiger charge is 2.37. The largest absolute Gasteiger partial charge is 0.321 e. The molecule has 82 valence electrons. The number of hydrogen-bond acceptors (Lipinski definition) is 2. The first-order valence-electron chi connectivity index (χ1n) is 5.96. The van der Waals surface area contributed by atoms with E-state index >= 15 is 0 Å². The quantitative estimate of drug-likeness (QED) is 0.804. The van der Waals surface area contributed by atoms with E-state index in [-0.39, 0.29) is 5.54 Å². The SMILES string of the molecule is CCC1CCCCC1(N)c1cccnc1. The summed E-state index contributed by atoms with van der Waals surface area (Å²) in [6.07, 6.45) is 9.88. The average Bonchev–Trinajstić information content (AvgIpc) is 2.31. The molecule has 0 amide bonds. The first kappa shape index (κ1) is 10.6. The summed E-state index contributed by atoms with van der Waals surface area (Å²) in [6.45, 7) is 2.24. The van der Waals surface area contributed by atoms with Crippen LogP contribution >= 0.6 is 0 Å². The molecule has 15 heavy (non-hydrogen) atoms. The molecule has 1 aromatic rings. The molecule has 1 aromatic heterocycles. The average molecular weight is 204 g/mol. The van der Waals surface area contributed by atoms with Crippen molar-refractivity contribution in [2.75, 3.05) is 0 Å². The summed E-state index contributed by atoms with van der Waals surface area (Å²) in [5.74, 6) is 0.621. The molecule has 0 bridgehead atoms. The number of pyridine rings is 1. The summed E-state index contributed by atoms with van der Waals surface area (Å²) >= 11 is 0. The zero-order chi connectivity index (χ0) is 10.7. The summed E-state index contributed by atoms with van der Waals surface area (Å²) in [6, 6.07) is 4.12. The van der Waals surface area contributed by atoms with Gasteiger partial charge in [0.05, 0.1) is 0 Å². The number of nitrogens with zero attached hydrogens (tertiary/aromatic N) is 1. The summed E-state index contributed by atoms with van der Waals surface area (Å²) < 4.78 is 0. The zero-order valence-electron chi connectivity index (χ0n) is 9.45. The molecule has 2 rings (SSSR count). The van der Waals surface area contributed by atoms with Crippen LogP contribution in [0.2, 0.25) is 0 Å². The van der Waals surface area contributed by atoms with Crippen molar-refractivity contribution < 1.29 is 0 Å². The van der Waals surface area contributed by atoms with Crippen LogP contribution in [-0.4, -0.2) is 4.98 Å². The maximum atomic E-state index is 6.60. The Morgan fingerprint density at radius 3 is 3.07 bits per heavy atom. The lowest BCUT2D eigenvalue weighted by molar-refractivity contribution is 0.184. The first-order chi connectivity index (χ1) is 7.27. The van der Waals surface area contributed by atoms with Crippen LogP contribution in [0.25, 0.3) is 0 Å². The Bertz CT molecular complexity index is 310. The summed E-state index contributed by atoms with van der Waals surface area (Å²) in [5, 5.41) is 0. The lowest BCUT2D eigenvalue weighted by atomic mass is 9.69. The van der Waals surface area contributed by atoms with Gasteiger partial charge in [0, 0.05) is 17.9 Å². The molecule has 0 aromatic carbocycles. The van der Waals surface area contributed by atoms with Crippen molar-refractivity contribution in [3.63, 3.8) is 0 Å². The van der Waals surface area contributed by atoms with Gasteiger partial charge < -0.3 is 5.73 Å². The van der Waals surface area contributed by atoms with E-state index in [2.05, 4.69) is 18.0 Å². The van der Waals surface area contributed by atoms with Crippen molar-refractivity contribution in [3.8, 4) is 0 Å². The maximum Gasteiger partial charge on any atom is 0.0453 e. The van der Waals surface area contributed by atoms with Gasteiger partial charge in [-0.15, -0.1) is 0 Å². The van der Waals surface area contributed by atoms with Crippen molar-refractivity contribution >= 4 is 0 Å². The smallest absolute Gasteiger partial charge is 0.0453 e. The third-order valence-corrected chi connectivity index (χ3v) is 3.81. The molecular weight excluding hydrogens is 184 g/mol. The van der Waals surface area contributed by atoms with Crippen molar-refractivity contribution in [1.82, 2.24) is 4.98 Å². The molecule has 0 aliphatic heterocycles. The lowest BCUT2D eigenvalue weighted by Crippen LogP contribution is -2.46. The van der Waals surface area contributed by atoms with Crippen LogP contribution in [-0.2, 0) is 5.54 Å². The second-order valence-electron chi connectivity index (χ2n) is 4.63. The van der Waals surface area contributed by atoms with Crippen LogP contribution in [0, 0.1) is 5.92 Å². The van der Waals surface area contributed by atoms with Crippen LogP contribution in [0.15, 0.2) is 24.5 Å². The Morgan fingerprint density at radius 1 is 1.53 bits per heavy atom. The number of rotatable bonds is 2. The highest BCUT2D eigenvalue weighted by atomic mass is 14.8. The van der Waals surface area contributed by atoms with Gasteiger partial charge in [-0.2, -0.15) is 0 Å². The highest BCUT2D eigenvalue weighted by Crippen LogP contribution is 2.40. The van der Waals surface area contributed by atoms with Crippen molar-refractivity contribution in [2.45, 2.75) is 44.6 Å². The Morgan fingerprint density at radius 2 is 2.40 bits per heavy atom. The molecule has 1 heterocycles. The second kappa shape index (κ2) is 4.31. The molecule has 1 aliphatic rings. The van der Waals surface area contributed by atoms with Gasteiger partial charge in [0.15, 0.2) is 0 Å². The maximum absolute atomic E-state index is 6.60. The van der Waals surface area contributed by atoms with Gasteiger partial charge in [0.2, 0.25) is 0 Å². The van der Waals surface area contributed by atoms with E-state index < -0.39 is 0 Å². The van der Waals surface area contributed by atoms with Crippen molar-refractivity contribution in [3.05, 3.63) is 30.1 Å². The van der Waals surface area contributed by atoms with E-state index in [1.807, 2.05) is 18.5 Å². The lowest BCUT2D eigenvalue weighted by Gasteiger charge is -2.41. The Hall–Kier alpha value is -0.890. The number of aromatic nitrogens is 1. The molecule has 2 nitrogen and oxygen atoms in total. The van der Waals surface area contributed by atoms with E-state index in [4.69, 9.17) is 5.73 Å². The summed E-state index contributed by atoms with van der Waals surface area (Å²) in [5.41, 5.74) is 7.69. The van der Waals surface area contributed by atoms with Crippen molar-refractivity contribution in [2.24, 2.45) is 11.7 Å². The van der Waals surface area contributed by atoms with Gasteiger partial charge in [-0.25, -0.2) is 0 Å². The van der Waals surface area contributed by atoms with Crippen LogP contribution in [0.3, 0.4) is 0 Å². The molecule has 0 spiro atoms. The van der Waals surface area contributed by atoms with Gasteiger partial charge >= 0.3 is 0 Å². The third-order valence-electron chi connectivity index (χ3n) is 3.81. The molecule has 2 unspecified atom stereocenters. The van der Waals surface area contributed by atoms with Gasteiger partial charge in [0.1, 0.15) is 0 Å². The van der Waals surface area contributed by atoms with Gasteiger partial charge in [0.25, 0.3) is 0 Å². The third kappa shape index (κ3) is 1.91. The molecule has 1 saturated carbocycles. The minimum Gasteiger partial charge on any atom is -0.321 e. The molecule has 1 aliphatic carbocycles. The molecular formula is C13H20N2. The van der Waals surface area contributed by atoms with Crippen LogP contribution in [0.5, 0.6) is 0 Å². The molecule has 0 radical (unpaired) electrons. The van der Waals surface area contributed by atoms with E-state index in [1.54, 1.807) is 0 Å².